The minimum atomic E-state index is -0.210. The molecule has 4 rings (SSSR count). The van der Waals surface area contributed by atoms with Crippen LogP contribution in [0.4, 0.5) is 0 Å². The van der Waals surface area contributed by atoms with E-state index in [1.54, 1.807) is 6.92 Å². The number of ether oxygens (including phenoxy) is 1. The molecule has 2 nitrogen and oxygen atoms in total. The van der Waals surface area contributed by atoms with Gasteiger partial charge in [0.2, 0.25) is 0 Å². The van der Waals surface area contributed by atoms with Gasteiger partial charge in [-0.1, -0.05) is 20.4 Å². The van der Waals surface area contributed by atoms with E-state index in [2.05, 4.69) is 20.4 Å². The van der Waals surface area contributed by atoms with Crippen LogP contribution in [0.5, 0.6) is 0 Å². The van der Waals surface area contributed by atoms with Crippen molar-refractivity contribution in [3.63, 3.8) is 0 Å². The van der Waals surface area contributed by atoms with Gasteiger partial charge >= 0.3 is 5.97 Å². The van der Waals surface area contributed by atoms with Crippen LogP contribution in [0.2, 0.25) is 0 Å². The number of esters is 1. The molecule has 0 radical (unpaired) electrons. The van der Waals surface area contributed by atoms with E-state index in [1.807, 2.05) is 0 Å². The molecule has 0 aromatic rings. The Bertz CT molecular complexity index is 413. The molecule has 0 aromatic carbocycles. The van der Waals surface area contributed by atoms with E-state index in [-0.39, 0.29) is 5.97 Å². The molecule has 22 heavy (non-hydrogen) atoms. The highest BCUT2D eigenvalue weighted by Crippen LogP contribution is 2.63. The van der Waals surface area contributed by atoms with Crippen molar-refractivity contribution in [2.45, 2.75) is 65.7 Å². The lowest BCUT2D eigenvalue weighted by Gasteiger charge is -2.59. The molecule has 0 aliphatic heterocycles. The number of hydrogen-bond acceptors (Lipinski definition) is 2. The van der Waals surface area contributed by atoms with Gasteiger partial charge in [0.15, 0.2) is 0 Å². The molecular weight excluding hydrogens is 272 g/mol. The topological polar surface area (TPSA) is 26.3 Å². The quantitative estimate of drug-likeness (QED) is 0.511. The van der Waals surface area contributed by atoms with Gasteiger partial charge in [0.25, 0.3) is 0 Å². The van der Waals surface area contributed by atoms with Gasteiger partial charge in [0.05, 0.1) is 6.61 Å². The Hall–Kier alpha value is -0.790. The highest BCUT2D eigenvalue weighted by Gasteiger charge is 2.54. The molecule has 1 atom stereocenters. The normalized spacial score (nSPS) is 37.4. The molecule has 4 aliphatic rings. The number of carbonyl (C=O) groups excluding carboxylic acids is 1. The highest BCUT2D eigenvalue weighted by molar-refractivity contribution is 5.86. The number of rotatable bonds is 6. The van der Waals surface area contributed by atoms with Crippen molar-refractivity contribution < 1.29 is 9.53 Å². The monoisotopic (exact) mass is 304 g/mol. The van der Waals surface area contributed by atoms with Crippen LogP contribution in [0.3, 0.4) is 0 Å². The van der Waals surface area contributed by atoms with Crippen molar-refractivity contribution in [3.8, 4) is 0 Å². The molecule has 2 heteroatoms. The largest absolute Gasteiger partial charge is 0.462 e. The fraction of sp³-hybridized carbons (Fsp3) is 0.850. The van der Waals surface area contributed by atoms with Crippen molar-refractivity contribution >= 4 is 5.97 Å². The zero-order chi connectivity index (χ0) is 15.9. The van der Waals surface area contributed by atoms with Crippen LogP contribution in [-0.4, -0.2) is 12.6 Å². The summed E-state index contributed by atoms with van der Waals surface area (Å²) in [6.07, 6.45) is 9.77. The molecule has 0 N–H and O–H groups in total. The molecule has 1 unspecified atom stereocenters. The Balaban J connectivity index is 1.73. The second-order valence-corrected chi connectivity index (χ2v) is 8.99. The lowest BCUT2D eigenvalue weighted by molar-refractivity contribution is -0.148. The minimum absolute atomic E-state index is 0.210. The molecule has 124 valence electrons. The van der Waals surface area contributed by atoms with E-state index in [1.165, 1.54) is 44.9 Å². The lowest BCUT2D eigenvalue weighted by atomic mass is 9.46. The Kier molecular flexibility index (Phi) is 4.40. The maximum atomic E-state index is 11.8. The van der Waals surface area contributed by atoms with Gasteiger partial charge in [-0.2, -0.15) is 0 Å². The predicted molar refractivity (Wildman–Crippen MR) is 89.3 cm³/mol. The van der Waals surface area contributed by atoms with Crippen LogP contribution < -0.4 is 0 Å². The SMILES string of the molecule is C=C(C)C(=O)OCC(CC(C)C)C12CC3CC(CC(C3)C1)C2. The average Bonchev–Trinajstić information content (AvgIpc) is 2.40. The molecule has 4 aliphatic carbocycles. The summed E-state index contributed by atoms with van der Waals surface area (Å²) in [6.45, 7) is 10.7. The van der Waals surface area contributed by atoms with Gasteiger partial charge in [-0.3, -0.25) is 0 Å². The summed E-state index contributed by atoms with van der Waals surface area (Å²) in [4.78, 5) is 11.8. The maximum Gasteiger partial charge on any atom is 0.333 e. The summed E-state index contributed by atoms with van der Waals surface area (Å²) in [5, 5.41) is 0. The molecule has 0 aromatic heterocycles. The molecule has 4 fully saturated rings. The summed E-state index contributed by atoms with van der Waals surface area (Å²) >= 11 is 0. The second-order valence-electron chi connectivity index (χ2n) is 8.99. The third-order valence-corrected chi connectivity index (χ3v) is 6.47. The van der Waals surface area contributed by atoms with Gasteiger partial charge in [0, 0.05) is 5.57 Å². The smallest absolute Gasteiger partial charge is 0.333 e. The van der Waals surface area contributed by atoms with E-state index in [4.69, 9.17) is 4.74 Å². The molecule has 0 spiro atoms. The van der Waals surface area contributed by atoms with Crippen molar-refractivity contribution in [1.82, 2.24) is 0 Å². The Morgan fingerprint density at radius 3 is 2.05 bits per heavy atom. The Labute approximate surface area is 135 Å². The van der Waals surface area contributed by atoms with Crippen molar-refractivity contribution in [2.24, 2.45) is 35.0 Å². The van der Waals surface area contributed by atoms with Crippen molar-refractivity contribution in [1.29, 1.82) is 0 Å². The van der Waals surface area contributed by atoms with E-state index in [9.17, 15) is 4.79 Å². The first-order valence-electron chi connectivity index (χ1n) is 9.20. The third-order valence-electron chi connectivity index (χ3n) is 6.47. The summed E-state index contributed by atoms with van der Waals surface area (Å²) in [6, 6.07) is 0. The van der Waals surface area contributed by atoms with Gasteiger partial charge in [-0.15, -0.1) is 0 Å². The maximum absolute atomic E-state index is 11.8. The van der Waals surface area contributed by atoms with Gasteiger partial charge in [-0.25, -0.2) is 4.79 Å². The fourth-order valence-corrected chi connectivity index (χ4v) is 6.04. The van der Waals surface area contributed by atoms with Crippen molar-refractivity contribution in [3.05, 3.63) is 12.2 Å². The molecule has 4 saturated carbocycles. The van der Waals surface area contributed by atoms with Crippen LogP contribution in [0.15, 0.2) is 12.2 Å². The number of hydrogen-bond donors (Lipinski definition) is 0. The summed E-state index contributed by atoms with van der Waals surface area (Å²) in [7, 11) is 0. The molecular formula is C20H32O2. The van der Waals surface area contributed by atoms with E-state index in [0.29, 0.717) is 29.4 Å². The van der Waals surface area contributed by atoms with Crippen molar-refractivity contribution in [2.75, 3.05) is 6.61 Å². The zero-order valence-corrected chi connectivity index (χ0v) is 14.6. The van der Waals surface area contributed by atoms with Crippen LogP contribution in [0, 0.1) is 35.0 Å². The Morgan fingerprint density at radius 2 is 1.64 bits per heavy atom. The van der Waals surface area contributed by atoms with Gasteiger partial charge in [-0.05, 0) is 86.9 Å². The molecule has 4 bridgehead atoms. The van der Waals surface area contributed by atoms with E-state index in [0.717, 1.165) is 17.8 Å². The first kappa shape index (κ1) is 16.1. The summed E-state index contributed by atoms with van der Waals surface area (Å²) in [5.74, 6) is 3.87. The molecule has 0 heterocycles. The second kappa shape index (κ2) is 6.02. The minimum Gasteiger partial charge on any atom is -0.462 e. The number of carbonyl (C=O) groups is 1. The first-order chi connectivity index (χ1) is 10.4. The highest BCUT2D eigenvalue weighted by atomic mass is 16.5. The Morgan fingerprint density at radius 1 is 1.14 bits per heavy atom. The van der Waals surface area contributed by atoms with E-state index < -0.39 is 0 Å². The van der Waals surface area contributed by atoms with Crippen LogP contribution >= 0.6 is 0 Å². The molecule has 0 saturated heterocycles. The van der Waals surface area contributed by atoms with Crippen LogP contribution in [0.25, 0.3) is 0 Å². The third kappa shape index (κ3) is 3.12. The lowest BCUT2D eigenvalue weighted by Crippen LogP contribution is -2.51. The van der Waals surface area contributed by atoms with Gasteiger partial charge in [0.1, 0.15) is 0 Å². The first-order valence-corrected chi connectivity index (χ1v) is 9.20. The van der Waals surface area contributed by atoms with E-state index >= 15 is 0 Å². The molecule has 0 amide bonds. The zero-order valence-electron chi connectivity index (χ0n) is 14.6. The summed E-state index contributed by atoms with van der Waals surface area (Å²) < 4.78 is 5.62. The average molecular weight is 304 g/mol. The summed E-state index contributed by atoms with van der Waals surface area (Å²) in [5.41, 5.74) is 0.989. The standard InChI is InChI=1S/C20H32O2/c1-13(2)5-18(12-22-19(21)14(3)4)20-9-15-6-16(10-20)8-17(7-15)11-20/h13,15-18H,3,5-12H2,1-2,4H3. The van der Waals surface area contributed by atoms with Crippen LogP contribution in [-0.2, 0) is 9.53 Å². The fourth-order valence-electron chi connectivity index (χ4n) is 6.04. The van der Waals surface area contributed by atoms with Gasteiger partial charge < -0.3 is 4.74 Å². The predicted octanol–water partition coefficient (Wildman–Crippen LogP) is 4.98. The van der Waals surface area contributed by atoms with Crippen LogP contribution in [0.1, 0.15) is 65.7 Å².